The van der Waals surface area contributed by atoms with Gasteiger partial charge in [0, 0.05) is 38.8 Å². The van der Waals surface area contributed by atoms with Crippen LogP contribution in [0.3, 0.4) is 0 Å². The summed E-state index contributed by atoms with van der Waals surface area (Å²) in [7, 11) is 0. The van der Waals surface area contributed by atoms with Gasteiger partial charge in [-0.15, -0.1) is 0 Å². The Morgan fingerprint density at radius 1 is 1.13 bits per heavy atom. The molecule has 1 rings (SSSR count). The van der Waals surface area contributed by atoms with Crippen LogP contribution in [-0.2, 0) is 0 Å². The summed E-state index contributed by atoms with van der Waals surface area (Å²) in [5, 5.41) is 12.5. The smallest absolute Gasteiger partial charge is 0.0597 e. The normalized spacial score (nSPS) is 21.8. The van der Waals surface area contributed by atoms with Crippen LogP contribution in [0.4, 0.5) is 0 Å². The molecule has 4 nitrogen and oxygen atoms in total. The summed E-state index contributed by atoms with van der Waals surface area (Å²) in [5.41, 5.74) is 0. The van der Waals surface area contributed by atoms with Crippen LogP contribution in [0.1, 0.15) is 13.8 Å². The van der Waals surface area contributed by atoms with Crippen molar-refractivity contribution in [1.82, 2.24) is 15.1 Å². The molecule has 0 aromatic rings. The first-order chi connectivity index (χ1) is 7.30. The Labute approximate surface area is 93.2 Å². The molecule has 90 valence electrons. The SMILES string of the molecule is CCNC(CO)CN1CCN(CC)CC1. The quantitative estimate of drug-likeness (QED) is 0.632. The van der Waals surface area contributed by atoms with Crippen LogP contribution in [0.5, 0.6) is 0 Å². The van der Waals surface area contributed by atoms with E-state index in [2.05, 4.69) is 29.0 Å². The average molecular weight is 215 g/mol. The van der Waals surface area contributed by atoms with E-state index in [4.69, 9.17) is 0 Å². The summed E-state index contributed by atoms with van der Waals surface area (Å²) in [6.07, 6.45) is 0. The van der Waals surface area contributed by atoms with Gasteiger partial charge in [0.05, 0.1) is 6.61 Å². The Morgan fingerprint density at radius 3 is 2.20 bits per heavy atom. The molecule has 1 aliphatic heterocycles. The fourth-order valence-electron chi connectivity index (χ4n) is 2.08. The van der Waals surface area contributed by atoms with Crippen LogP contribution >= 0.6 is 0 Å². The summed E-state index contributed by atoms with van der Waals surface area (Å²) < 4.78 is 0. The zero-order chi connectivity index (χ0) is 11.1. The predicted molar refractivity (Wildman–Crippen MR) is 63.1 cm³/mol. The third-order valence-electron chi connectivity index (χ3n) is 3.10. The first kappa shape index (κ1) is 12.9. The van der Waals surface area contributed by atoms with Crippen LogP contribution < -0.4 is 5.32 Å². The molecule has 1 saturated heterocycles. The maximum absolute atomic E-state index is 9.19. The van der Waals surface area contributed by atoms with Crippen molar-refractivity contribution in [3.63, 3.8) is 0 Å². The van der Waals surface area contributed by atoms with E-state index in [1.54, 1.807) is 0 Å². The number of aliphatic hydroxyl groups is 1. The molecule has 1 unspecified atom stereocenters. The molecule has 0 bridgehead atoms. The lowest BCUT2D eigenvalue weighted by molar-refractivity contribution is 0.114. The number of nitrogens with one attached hydrogen (secondary N) is 1. The fraction of sp³-hybridized carbons (Fsp3) is 1.00. The number of nitrogens with zero attached hydrogens (tertiary/aromatic N) is 2. The molecule has 1 heterocycles. The fourth-order valence-corrected chi connectivity index (χ4v) is 2.08. The Kier molecular flexibility index (Phi) is 6.17. The third kappa shape index (κ3) is 4.47. The van der Waals surface area contributed by atoms with E-state index < -0.39 is 0 Å². The Morgan fingerprint density at radius 2 is 1.73 bits per heavy atom. The van der Waals surface area contributed by atoms with Gasteiger partial charge in [0.2, 0.25) is 0 Å². The molecule has 0 radical (unpaired) electrons. The van der Waals surface area contributed by atoms with Gasteiger partial charge in [-0.25, -0.2) is 0 Å². The molecule has 0 aliphatic carbocycles. The maximum Gasteiger partial charge on any atom is 0.0597 e. The third-order valence-corrected chi connectivity index (χ3v) is 3.10. The number of piperazine rings is 1. The molecule has 0 aromatic carbocycles. The second-order valence-corrected chi connectivity index (χ2v) is 4.17. The number of likely N-dealkylation sites (N-methyl/N-ethyl adjacent to an activating group) is 2. The summed E-state index contributed by atoms with van der Waals surface area (Å²) in [6.45, 7) is 12.2. The molecule has 0 amide bonds. The van der Waals surface area contributed by atoms with Gasteiger partial charge in [0.25, 0.3) is 0 Å². The molecule has 0 saturated carbocycles. The van der Waals surface area contributed by atoms with E-state index in [0.717, 1.165) is 32.7 Å². The van der Waals surface area contributed by atoms with Gasteiger partial charge in [-0.2, -0.15) is 0 Å². The van der Waals surface area contributed by atoms with Gasteiger partial charge in [-0.1, -0.05) is 13.8 Å². The van der Waals surface area contributed by atoms with E-state index in [0.29, 0.717) is 0 Å². The minimum absolute atomic E-state index is 0.238. The lowest BCUT2D eigenvalue weighted by atomic mass is 10.2. The molecule has 0 spiro atoms. The zero-order valence-corrected chi connectivity index (χ0v) is 10.1. The van der Waals surface area contributed by atoms with Gasteiger partial charge in [0.15, 0.2) is 0 Å². The molecule has 4 heteroatoms. The van der Waals surface area contributed by atoms with Crippen molar-refractivity contribution in [2.75, 3.05) is 52.4 Å². The minimum atomic E-state index is 0.238. The molecule has 1 fully saturated rings. The summed E-state index contributed by atoms with van der Waals surface area (Å²) in [5.74, 6) is 0. The lowest BCUT2D eigenvalue weighted by Crippen LogP contribution is -2.51. The van der Waals surface area contributed by atoms with Gasteiger partial charge in [0.1, 0.15) is 0 Å². The Hall–Kier alpha value is -0.160. The second-order valence-electron chi connectivity index (χ2n) is 4.17. The highest BCUT2D eigenvalue weighted by Gasteiger charge is 2.18. The van der Waals surface area contributed by atoms with Crippen LogP contribution in [0.2, 0.25) is 0 Å². The monoisotopic (exact) mass is 215 g/mol. The Balaban J connectivity index is 2.21. The average Bonchev–Trinajstić information content (AvgIpc) is 2.29. The molecule has 15 heavy (non-hydrogen) atoms. The minimum Gasteiger partial charge on any atom is -0.395 e. The van der Waals surface area contributed by atoms with E-state index in [1.807, 2.05) is 0 Å². The number of aliphatic hydroxyl groups excluding tert-OH is 1. The molecule has 0 aromatic heterocycles. The zero-order valence-electron chi connectivity index (χ0n) is 10.1. The summed E-state index contributed by atoms with van der Waals surface area (Å²) >= 11 is 0. The van der Waals surface area contributed by atoms with E-state index in [9.17, 15) is 5.11 Å². The van der Waals surface area contributed by atoms with Crippen molar-refractivity contribution >= 4 is 0 Å². The van der Waals surface area contributed by atoms with Crippen molar-refractivity contribution in [3.8, 4) is 0 Å². The first-order valence-corrected chi connectivity index (χ1v) is 6.09. The molecular formula is C11H25N3O. The number of hydrogen-bond donors (Lipinski definition) is 2. The standard InChI is InChI=1S/C11H25N3O/c1-3-12-11(10-15)9-14-7-5-13(4-2)6-8-14/h11-12,15H,3-10H2,1-2H3. The van der Waals surface area contributed by atoms with E-state index >= 15 is 0 Å². The van der Waals surface area contributed by atoms with Crippen LogP contribution in [0.15, 0.2) is 0 Å². The van der Waals surface area contributed by atoms with Crippen molar-refractivity contribution in [2.24, 2.45) is 0 Å². The highest BCUT2D eigenvalue weighted by molar-refractivity contribution is 4.76. The van der Waals surface area contributed by atoms with Gasteiger partial charge >= 0.3 is 0 Å². The predicted octanol–water partition coefficient (Wildman–Crippen LogP) is -0.406. The summed E-state index contributed by atoms with van der Waals surface area (Å²) in [6, 6.07) is 0.239. The Bertz CT molecular complexity index is 158. The van der Waals surface area contributed by atoms with Crippen LogP contribution in [0.25, 0.3) is 0 Å². The van der Waals surface area contributed by atoms with E-state index in [-0.39, 0.29) is 12.6 Å². The highest BCUT2D eigenvalue weighted by atomic mass is 16.3. The van der Waals surface area contributed by atoms with Crippen molar-refractivity contribution in [3.05, 3.63) is 0 Å². The molecule has 1 atom stereocenters. The number of hydrogen-bond acceptors (Lipinski definition) is 4. The maximum atomic E-state index is 9.19. The summed E-state index contributed by atoms with van der Waals surface area (Å²) in [4.78, 5) is 4.91. The number of rotatable bonds is 6. The largest absolute Gasteiger partial charge is 0.395 e. The molecule has 1 aliphatic rings. The molecule has 2 N–H and O–H groups in total. The van der Waals surface area contributed by atoms with Gasteiger partial charge in [-0.05, 0) is 13.1 Å². The highest BCUT2D eigenvalue weighted by Crippen LogP contribution is 2.01. The van der Waals surface area contributed by atoms with Crippen molar-refractivity contribution in [2.45, 2.75) is 19.9 Å². The van der Waals surface area contributed by atoms with Crippen LogP contribution in [-0.4, -0.2) is 73.4 Å². The molecular weight excluding hydrogens is 190 g/mol. The van der Waals surface area contributed by atoms with Crippen molar-refractivity contribution in [1.29, 1.82) is 0 Å². The van der Waals surface area contributed by atoms with Crippen molar-refractivity contribution < 1.29 is 5.11 Å². The second kappa shape index (κ2) is 7.17. The van der Waals surface area contributed by atoms with Gasteiger partial charge in [-0.3, -0.25) is 4.90 Å². The first-order valence-electron chi connectivity index (χ1n) is 6.09. The topological polar surface area (TPSA) is 38.7 Å². The van der Waals surface area contributed by atoms with E-state index in [1.165, 1.54) is 13.1 Å². The van der Waals surface area contributed by atoms with Crippen LogP contribution in [0, 0.1) is 0 Å². The van der Waals surface area contributed by atoms with Gasteiger partial charge < -0.3 is 15.3 Å². The lowest BCUT2D eigenvalue weighted by Gasteiger charge is -2.35.